The molecule has 72 valence electrons. The molecule has 0 aromatic rings. The fraction of sp³-hybridized carbons (Fsp3) is 1.00. The standard InChI is InChI=1S/C9H18O2S/c1-7(2)8-5-4-6-9(8)12(3,10)11/h7-9H,4-6H2,1-3H3/t8-,9+/m0/s1. The van der Waals surface area contributed by atoms with Crippen molar-refractivity contribution in [1.29, 1.82) is 0 Å². The third kappa shape index (κ3) is 2.00. The molecule has 0 N–H and O–H groups in total. The Kier molecular flexibility index (Phi) is 2.81. The summed E-state index contributed by atoms with van der Waals surface area (Å²) < 4.78 is 22.7. The average Bonchev–Trinajstić information content (AvgIpc) is 2.30. The second kappa shape index (κ2) is 3.36. The van der Waals surface area contributed by atoms with E-state index in [1.807, 2.05) is 0 Å². The molecule has 0 amide bonds. The Bertz CT molecular complexity index is 241. The zero-order chi connectivity index (χ0) is 9.35. The molecule has 1 rings (SSSR count). The Balaban J connectivity index is 2.78. The van der Waals surface area contributed by atoms with E-state index in [-0.39, 0.29) is 5.25 Å². The molecule has 0 radical (unpaired) electrons. The topological polar surface area (TPSA) is 34.1 Å². The van der Waals surface area contributed by atoms with Crippen molar-refractivity contribution < 1.29 is 8.42 Å². The second-order valence-corrected chi connectivity index (χ2v) is 6.47. The Hall–Kier alpha value is -0.0500. The van der Waals surface area contributed by atoms with Gasteiger partial charge < -0.3 is 0 Å². The summed E-state index contributed by atoms with van der Waals surface area (Å²) in [6.07, 6.45) is 4.43. The van der Waals surface area contributed by atoms with Crippen molar-refractivity contribution >= 4 is 9.84 Å². The maximum Gasteiger partial charge on any atom is 0.150 e. The van der Waals surface area contributed by atoms with Gasteiger partial charge in [-0.05, 0) is 24.7 Å². The number of hydrogen-bond acceptors (Lipinski definition) is 2. The van der Waals surface area contributed by atoms with Crippen molar-refractivity contribution in [2.45, 2.75) is 38.4 Å². The molecule has 0 aromatic carbocycles. The van der Waals surface area contributed by atoms with Gasteiger partial charge in [-0.3, -0.25) is 0 Å². The number of sulfone groups is 1. The second-order valence-electron chi connectivity index (χ2n) is 4.21. The molecule has 2 nitrogen and oxygen atoms in total. The fourth-order valence-electron chi connectivity index (χ4n) is 2.25. The van der Waals surface area contributed by atoms with Crippen LogP contribution in [0.1, 0.15) is 33.1 Å². The van der Waals surface area contributed by atoms with E-state index >= 15 is 0 Å². The molecule has 0 aromatic heterocycles. The molecule has 12 heavy (non-hydrogen) atoms. The molecule has 0 saturated heterocycles. The molecule has 1 fully saturated rings. The molecule has 1 aliphatic carbocycles. The van der Waals surface area contributed by atoms with Gasteiger partial charge in [-0.25, -0.2) is 8.42 Å². The summed E-state index contributed by atoms with van der Waals surface area (Å²) in [5, 5.41) is -0.0579. The van der Waals surface area contributed by atoms with Crippen molar-refractivity contribution in [1.82, 2.24) is 0 Å². The predicted octanol–water partition coefficient (Wildman–Crippen LogP) is 1.86. The molecular formula is C9H18O2S. The molecule has 1 saturated carbocycles. The Morgan fingerprint density at radius 1 is 1.25 bits per heavy atom. The minimum atomic E-state index is -2.80. The van der Waals surface area contributed by atoms with Gasteiger partial charge in [-0.15, -0.1) is 0 Å². The molecule has 3 heteroatoms. The minimum Gasteiger partial charge on any atom is -0.229 e. The summed E-state index contributed by atoms with van der Waals surface area (Å²) in [6.45, 7) is 4.24. The summed E-state index contributed by atoms with van der Waals surface area (Å²) in [5.74, 6) is 0.909. The first-order chi connectivity index (χ1) is 5.43. The van der Waals surface area contributed by atoms with Crippen molar-refractivity contribution in [3.8, 4) is 0 Å². The summed E-state index contributed by atoms with van der Waals surface area (Å²) in [7, 11) is -2.80. The Morgan fingerprint density at radius 2 is 1.83 bits per heavy atom. The smallest absolute Gasteiger partial charge is 0.150 e. The van der Waals surface area contributed by atoms with Gasteiger partial charge in [0.1, 0.15) is 0 Å². The minimum absolute atomic E-state index is 0.0579. The molecule has 0 bridgehead atoms. The van der Waals surface area contributed by atoms with Gasteiger partial charge in [-0.1, -0.05) is 20.3 Å². The van der Waals surface area contributed by atoms with Gasteiger partial charge in [0, 0.05) is 6.26 Å². The van der Waals surface area contributed by atoms with Crippen LogP contribution in [0.3, 0.4) is 0 Å². The first-order valence-corrected chi connectivity index (χ1v) is 6.57. The quantitative estimate of drug-likeness (QED) is 0.666. The molecule has 0 spiro atoms. The van der Waals surface area contributed by atoms with E-state index in [1.54, 1.807) is 0 Å². The first-order valence-electron chi connectivity index (χ1n) is 4.62. The average molecular weight is 190 g/mol. The third-order valence-corrected chi connectivity index (χ3v) is 4.60. The predicted molar refractivity (Wildman–Crippen MR) is 50.8 cm³/mol. The highest BCUT2D eigenvalue weighted by Crippen LogP contribution is 2.35. The van der Waals surface area contributed by atoms with E-state index in [0.717, 1.165) is 19.3 Å². The normalized spacial score (nSPS) is 31.3. The van der Waals surface area contributed by atoms with Crippen LogP contribution in [-0.4, -0.2) is 19.9 Å². The number of hydrogen-bond donors (Lipinski definition) is 0. The zero-order valence-corrected chi connectivity index (χ0v) is 8.89. The summed E-state index contributed by atoms with van der Waals surface area (Å²) >= 11 is 0. The van der Waals surface area contributed by atoms with Crippen LogP contribution in [0.2, 0.25) is 0 Å². The van der Waals surface area contributed by atoms with Crippen molar-refractivity contribution in [2.24, 2.45) is 11.8 Å². The Morgan fingerprint density at radius 3 is 2.17 bits per heavy atom. The van der Waals surface area contributed by atoms with E-state index in [9.17, 15) is 8.42 Å². The van der Waals surface area contributed by atoms with Gasteiger partial charge in [0.2, 0.25) is 0 Å². The van der Waals surface area contributed by atoms with Gasteiger partial charge in [0.15, 0.2) is 9.84 Å². The lowest BCUT2D eigenvalue weighted by atomic mass is 9.94. The SMILES string of the molecule is CC(C)[C@@H]1CCC[C@H]1S(C)(=O)=O. The van der Waals surface area contributed by atoms with Crippen LogP contribution in [0.25, 0.3) is 0 Å². The monoisotopic (exact) mass is 190 g/mol. The lowest BCUT2D eigenvalue weighted by molar-refractivity contribution is 0.393. The molecule has 1 aliphatic rings. The summed E-state index contributed by atoms with van der Waals surface area (Å²) in [6, 6.07) is 0. The van der Waals surface area contributed by atoms with Crippen LogP contribution in [0.15, 0.2) is 0 Å². The van der Waals surface area contributed by atoms with E-state index in [4.69, 9.17) is 0 Å². The molecule has 0 aliphatic heterocycles. The lowest BCUT2D eigenvalue weighted by Gasteiger charge is -2.21. The summed E-state index contributed by atoms with van der Waals surface area (Å²) in [4.78, 5) is 0. The van der Waals surface area contributed by atoms with Crippen molar-refractivity contribution in [3.63, 3.8) is 0 Å². The van der Waals surface area contributed by atoms with Gasteiger partial charge in [0.25, 0.3) is 0 Å². The fourth-order valence-corrected chi connectivity index (χ4v) is 3.93. The number of rotatable bonds is 2. The van der Waals surface area contributed by atoms with E-state index in [2.05, 4.69) is 13.8 Å². The highest BCUT2D eigenvalue weighted by molar-refractivity contribution is 7.91. The third-order valence-electron chi connectivity index (χ3n) is 2.91. The van der Waals surface area contributed by atoms with Gasteiger partial charge in [-0.2, -0.15) is 0 Å². The van der Waals surface area contributed by atoms with Gasteiger partial charge >= 0.3 is 0 Å². The highest BCUT2D eigenvalue weighted by atomic mass is 32.2. The van der Waals surface area contributed by atoms with Crippen LogP contribution < -0.4 is 0 Å². The van der Waals surface area contributed by atoms with Gasteiger partial charge in [0.05, 0.1) is 5.25 Å². The maximum absolute atomic E-state index is 11.3. The van der Waals surface area contributed by atoms with Crippen LogP contribution in [0, 0.1) is 11.8 Å². The van der Waals surface area contributed by atoms with Crippen LogP contribution >= 0.6 is 0 Å². The highest BCUT2D eigenvalue weighted by Gasteiger charge is 2.36. The Labute approximate surface area is 75.3 Å². The van der Waals surface area contributed by atoms with Crippen LogP contribution in [-0.2, 0) is 9.84 Å². The van der Waals surface area contributed by atoms with E-state index < -0.39 is 9.84 Å². The van der Waals surface area contributed by atoms with Crippen LogP contribution in [0.5, 0.6) is 0 Å². The van der Waals surface area contributed by atoms with E-state index in [0.29, 0.717) is 11.8 Å². The largest absolute Gasteiger partial charge is 0.229 e. The molecule has 0 unspecified atom stereocenters. The van der Waals surface area contributed by atoms with Crippen molar-refractivity contribution in [3.05, 3.63) is 0 Å². The molecular weight excluding hydrogens is 172 g/mol. The zero-order valence-electron chi connectivity index (χ0n) is 8.08. The maximum atomic E-state index is 11.3. The summed E-state index contributed by atoms with van der Waals surface area (Å²) in [5.41, 5.74) is 0. The van der Waals surface area contributed by atoms with Crippen molar-refractivity contribution in [2.75, 3.05) is 6.26 Å². The lowest BCUT2D eigenvalue weighted by Crippen LogP contribution is -2.27. The van der Waals surface area contributed by atoms with Crippen LogP contribution in [0.4, 0.5) is 0 Å². The first kappa shape index (κ1) is 10.0. The molecule has 2 atom stereocenters. The van der Waals surface area contributed by atoms with E-state index in [1.165, 1.54) is 6.26 Å². The molecule has 0 heterocycles.